The minimum absolute atomic E-state index is 0.0175. The minimum Gasteiger partial charge on any atom is -0.378 e. The lowest BCUT2D eigenvalue weighted by Crippen LogP contribution is -2.75. The molecule has 0 spiro atoms. The fourth-order valence-corrected chi connectivity index (χ4v) is 3.35. The number of halogens is 1. The number of benzene rings is 1. The Morgan fingerprint density at radius 3 is 2.68 bits per heavy atom. The molecule has 3 unspecified atom stereocenters. The van der Waals surface area contributed by atoms with E-state index in [0.29, 0.717) is 18.1 Å². The molecule has 0 heterocycles. The molecule has 0 aliphatic heterocycles. The van der Waals surface area contributed by atoms with Gasteiger partial charge in [0.1, 0.15) is 5.54 Å². The zero-order valence-corrected chi connectivity index (χ0v) is 14.4. The maximum atomic E-state index is 12.7. The molecule has 0 radical (unpaired) electrons. The summed E-state index contributed by atoms with van der Waals surface area (Å²) in [6.45, 7) is 8.45. The quantitative estimate of drug-likeness (QED) is 0.875. The first kappa shape index (κ1) is 17.3. The fraction of sp³-hybridized carbons (Fsp3) is 0.588. The molecule has 0 aromatic heterocycles. The topological polar surface area (TPSA) is 64.3 Å². The standard InChI is InChI=1S/C17H25ClN2O2/c1-5-22-14-10-17(19,16(14,3)4)15(21)20-11(2)12-8-6-7-9-13(12)18/h6-9,11,14H,5,10,19H2,1-4H3,(H,20,21). The van der Waals surface area contributed by atoms with Gasteiger partial charge in [-0.05, 0) is 25.5 Å². The Balaban J connectivity index is 2.08. The highest BCUT2D eigenvalue weighted by Crippen LogP contribution is 2.50. The Morgan fingerprint density at radius 1 is 1.50 bits per heavy atom. The van der Waals surface area contributed by atoms with Gasteiger partial charge in [0.2, 0.25) is 5.91 Å². The van der Waals surface area contributed by atoms with Gasteiger partial charge in [-0.15, -0.1) is 0 Å². The van der Waals surface area contributed by atoms with E-state index in [-0.39, 0.29) is 18.1 Å². The summed E-state index contributed by atoms with van der Waals surface area (Å²) in [5.74, 6) is -0.152. The third-order valence-corrected chi connectivity index (χ3v) is 5.30. The summed E-state index contributed by atoms with van der Waals surface area (Å²) in [7, 11) is 0. The Labute approximate surface area is 137 Å². The molecule has 3 N–H and O–H groups in total. The highest BCUT2D eigenvalue weighted by Gasteiger charge is 2.62. The van der Waals surface area contributed by atoms with E-state index in [1.807, 2.05) is 52.0 Å². The average Bonchev–Trinajstić information content (AvgIpc) is 2.47. The lowest BCUT2D eigenvalue weighted by atomic mass is 9.54. The van der Waals surface area contributed by atoms with Crippen molar-refractivity contribution in [1.82, 2.24) is 5.32 Å². The maximum Gasteiger partial charge on any atom is 0.241 e. The van der Waals surface area contributed by atoms with Crippen molar-refractivity contribution in [3.63, 3.8) is 0 Å². The van der Waals surface area contributed by atoms with Crippen LogP contribution in [-0.4, -0.2) is 24.2 Å². The van der Waals surface area contributed by atoms with Gasteiger partial charge in [0.05, 0.1) is 12.1 Å². The van der Waals surface area contributed by atoms with Gasteiger partial charge in [-0.1, -0.05) is 43.6 Å². The van der Waals surface area contributed by atoms with Gasteiger partial charge in [0.15, 0.2) is 0 Å². The van der Waals surface area contributed by atoms with Crippen LogP contribution in [0.3, 0.4) is 0 Å². The SMILES string of the molecule is CCOC1CC(N)(C(=O)NC(C)c2ccccc2Cl)C1(C)C. The molecule has 5 heteroatoms. The van der Waals surface area contributed by atoms with Crippen LogP contribution in [0.25, 0.3) is 0 Å². The average molecular weight is 325 g/mol. The summed E-state index contributed by atoms with van der Waals surface area (Å²) in [4.78, 5) is 12.7. The number of carbonyl (C=O) groups excluding carboxylic acids is 1. The van der Waals surface area contributed by atoms with Crippen molar-refractivity contribution in [2.75, 3.05) is 6.61 Å². The molecule has 1 fully saturated rings. The van der Waals surface area contributed by atoms with Gasteiger partial charge in [-0.25, -0.2) is 0 Å². The Kier molecular flexibility index (Phi) is 4.85. The maximum absolute atomic E-state index is 12.7. The van der Waals surface area contributed by atoms with Crippen molar-refractivity contribution in [2.24, 2.45) is 11.1 Å². The highest BCUT2D eigenvalue weighted by molar-refractivity contribution is 6.31. The van der Waals surface area contributed by atoms with E-state index in [9.17, 15) is 4.79 Å². The van der Waals surface area contributed by atoms with Crippen LogP contribution < -0.4 is 11.1 Å². The van der Waals surface area contributed by atoms with E-state index in [1.54, 1.807) is 0 Å². The van der Waals surface area contributed by atoms with Gasteiger partial charge in [0, 0.05) is 23.5 Å². The van der Waals surface area contributed by atoms with Crippen LogP contribution in [0.4, 0.5) is 0 Å². The first-order chi connectivity index (χ1) is 10.2. The van der Waals surface area contributed by atoms with Crippen LogP contribution >= 0.6 is 11.6 Å². The molecule has 1 aliphatic rings. The molecule has 2 rings (SSSR count). The molecule has 22 heavy (non-hydrogen) atoms. The van der Waals surface area contributed by atoms with Crippen LogP contribution in [0.2, 0.25) is 5.02 Å². The molecule has 122 valence electrons. The Hall–Kier alpha value is -1.10. The zero-order chi connectivity index (χ0) is 16.5. The van der Waals surface area contributed by atoms with Gasteiger partial charge >= 0.3 is 0 Å². The molecule has 0 saturated heterocycles. The van der Waals surface area contributed by atoms with Crippen LogP contribution in [0.15, 0.2) is 24.3 Å². The minimum atomic E-state index is -0.914. The summed E-state index contributed by atoms with van der Waals surface area (Å²) in [5, 5.41) is 3.63. The number of ether oxygens (including phenoxy) is 1. The second-order valence-corrected chi connectivity index (χ2v) is 6.97. The van der Waals surface area contributed by atoms with Crippen molar-refractivity contribution < 1.29 is 9.53 Å². The molecular weight excluding hydrogens is 300 g/mol. The number of amides is 1. The largest absolute Gasteiger partial charge is 0.378 e. The van der Waals surface area contributed by atoms with Crippen molar-refractivity contribution in [1.29, 1.82) is 0 Å². The monoisotopic (exact) mass is 324 g/mol. The van der Waals surface area contributed by atoms with Crippen molar-refractivity contribution in [3.8, 4) is 0 Å². The van der Waals surface area contributed by atoms with Crippen LogP contribution in [0.1, 0.15) is 45.7 Å². The molecule has 3 atom stereocenters. The van der Waals surface area contributed by atoms with E-state index in [2.05, 4.69) is 5.32 Å². The van der Waals surface area contributed by atoms with E-state index in [0.717, 1.165) is 5.56 Å². The van der Waals surface area contributed by atoms with Gasteiger partial charge in [-0.2, -0.15) is 0 Å². The number of nitrogens with one attached hydrogen (secondary N) is 1. The zero-order valence-electron chi connectivity index (χ0n) is 13.7. The van der Waals surface area contributed by atoms with Gasteiger partial charge in [-0.3, -0.25) is 4.79 Å². The predicted molar refractivity (Wildman–Crippen MR) is 88.7 cm³/mol. The molecule has 0 bridgehead atoms. The summed E-state index contributed by atoms with van der Waals surface area (Å²) in [6.07, 6.45) is 0.554. The third kappa shape index (κ3) is 2.75. The lowest BCUT2D eigenvalue weighted by molar-refractivity contribution is -0.171. The molecule has 1 saturated carbocycles. The van der Waals surface area contributed by atoms with Crippen LogP contribution in [0, 0.1) is 5.41 Å². The molecule has 1 aliphatic carbocycles. The number of hydrogen-bond acceptors (Lipinski definition) is 3. The number of nitrogens with two attached hydrogens (primary N) is 1. The van der Waals surface area contributed by atoms with E-state index < -0.39 is 11.0 Å². The molecule has 4 nitrogen and oxygen atoms in total. The summed E-state index contributed by atoms with van der Waals surface area (Å²) in [6, 6.07) is 7.30. The highest BCUT2D eigenvalue weighted by atomic mass is 35.5. The Bertz CT molecular complexity index is 561. The van der Waals surface area contributed by atoms with E-state index in [4.69, 9.17) is 22.1 Å². The normalized spacial score (nSPS) is 27.8. The van der Waals surface area contributed by atoms with Crippen molar-refractivity contribution in [2.45, 2.75) is 51.8 Å². The lowest BCUT2D eigenvalue weighted by Gasteiger charge is -2.57. The summed E-state index contributed by atoms with van der Waals surface area (Å²) < 4.78 is 5.67. The first-order valence-corrected chi connectivity index (χ1v) is 8.07. The second-order valence-electron chi connectivity index (χ2n) is 6.56. The van der Waals surface area contributed by atoms with E-state index >= 15 is 0 Å². The number of carbonyl (C=O) groups is 1. The summed E-state index contributed by atoms with van der Waals surface area (Å²) >= 11 is 6.18. The second kappa shape index (κ2) is 6.19. The van der Waals surface area contributed by atoms with E-state index in [1.165, 1.54) is 0 Å². The summed E-state index contributed by atoms with van der Waals surface area (Å²) in [5.41, 5.74) is 5.96. The number of rotatable bonds is 5. The van der Waals surface area contributed by atoms with Gasteiger partial charge in [0.25, 0.3) is 0 Å². The molecule has 1 aromatic rings. The van der Waals surface area contributed by atoms with Gasteiger partial charge < -0.3 is 15.8 Å². The predicted octanol–water partition coefficient (Wildman–Crippen LogP) is 3.05. The molecular formula is C17H25ClN2O2. The first-order valence-electron chi connectivity index (χ1n) is 7.70. The van der Waals surface area contributed by atoms with Crippen LogP contribution in [-0.2, 0) is 9.53 Å². The Morgan fingerprint density at radius 2 is 2.14 bits per heavy atom. The molecule has 1 aromatic carbocycles. The van der Waals surface area contributed by atoms with Crippen LogP contribution in [0.5, 0.6) is 0 Å². The number of hydrogen-bond donors (Lipinski definition) is 2. The van der Waals surface area contributed by atoms with Crippen molar-refractivity contribution in [3.05, 3.63) is 34.9 Å². The third-order valence-electron chi connectivity index (χ3n) is 4.95. The fourth-order valence-electron chi connectivity index (χ4n) is 3.05. The smallest absolute Gasteiger partial charge is 0.241 e. The van der Waals surface area contributed by atoms with Crippen molar-refractivity contribution >= 4 is 17.5 Å². The molecule has 1 amide bonds.